The average molecular weight is 239 g/mol. The topological polar surface area (TPSA) is 78.5 Å². The molecule has 0 bridgehead atoms. The SMILES string of the molecule is CC1CCCC(C(=O)N2CC(=O)NC(=O)C2)N1. The Morgan fingerprint density at radius 2 is 1.88 bits per heavy atom. The van der Waals surface area contributed by atoms with Crippen LogP contribution in [0.1, 0.15) is 26.2 Å². The molecule has 2 rings (SSSR count). The van der Waals surface area contributed by atoms with Crippen molar-refractivity contribution in [1.29, 1.82) is 0 Å². The Balaban J connectivity index is 1.98. The quantitative estimate of drug-likeness (QED) is 0.575. The Kier molecular flexibility index (Phi) is 3.42. The largest absolute Gasteiger partial charge is 0.323 e. The molecule has 0 aromatic carbocycles. The van der Waals surface area contributed by atoms with E-state index in [1.54, 1.807) is 0 Å². The lowest BCUT2D eigenvalue weighted by molar-refractivity contribution is -0.146. The van der Waals surface area contributed by atoms with Crippen LogP contribution in [0, 0.1) is 0 Å². The molecule has 2 atom stereocenters. The third kappa shape index (κ3) is 2.82. The van der Waals surface area contributed by atoms with Crippen molar-refractivity contribution >= 4 is 17.7 Å². The van der Waals surface area contributed by atoms with Crippen molar-refractivity contribution in [3.05, 3.63) is 0 Å². The molecule has 94 valence electrons. The summed E-state index contributed by atoms with van der Waals surface area (Å²) in [6, 6.07) is 0.0597. The van der Waals surface area contributed by atoms with Gasteiger partial charge in [0.05, 0.1) is 6.04 Å². The number of hydrogen-bond donors (Lipinski definition) is 2. The van der Waals surface area contributed by atoms with E-state index in [2.05, 4.69) is 10.6 Å². The highest BCUT2D eigenvalue weighted by molar-refractivity contribution is 6.03. The molecule has 3 amide bonds. The van der Waals surface area contributed by atoms with Gasteiger partial charge in [-0.25, -0.2) is 0 Å². The molecule has 2 aliphatic heterocycles. The second kappa shape index (κ2) is 4.83. The Bertz CT molecular complexity index is 340. The number of carbonyl (C=O) groups is 3. The molecule has 2 fully saturated rings. The minimum Gasteiger partial charge on any atom is -0.323 e. The van der Waals surface area contributed by atoms with Gasteiger partial charge in [-0.2, -0.15) is 0 Å². The van der Waals surface area contributed by atoms with E-state index in [0.29, 0.717) is 6.04 Å². The van der Waals surface area contributed by atoms with Crippen LogP contribution in [0.2, 0.25) is 0 Å². The summed E-state index contributed by atoms with van der Waals surface area (Å²) in [7, 11) is 0. The van der Waals surface area contributed by atoms with E-state index < -0.39 is 11.8 Å². The van der Waals surface area contributed by atoms with Gasteiger partial charge in [-0.15, -0.1) is 0 Å². The zero-order chi connectivity index (χ0) is 12.4. The highest BCUT2D eigenvalue weighted by Gasteiger charge is 2.32. The van der Waals surface area contributed by atoms with Crippen molar-refractivity contribution in [3.8, 4) is 0 Å². The zero-order valence-corrected chi connectivity index (χ0v) is 9.86. The summed E-state index contributed by atoms with van der Waals surface area (Å²) in [4.78, 5) is 35.8. The van der Waals surface area contributed by atoms with Crippen LogP contribution in [0.4, 0.5) is 0 Å². The summed E-state index contributed by atoms with van der Waals surface area (Å²) in [5.41, 5.74) is 0. The third-order valence-electron chi connectivity index (χ3n) is 3.17. The Morgan fingerprint density at radius 3 is 2.47 bits per heavy atom. The van der Waals surface area contributed by atoms with Gasteiger partial charge in [0.25, 0.3) is 0 Å². The normalized spacial score (nSPS) is 30.1. The van der Waals surface area contributed by atoms with Gasteiger partial charge in [-0.3, -0.25) is 19.7 Å². The first kappa shape index (κ1) is 12.0. The standard InChI is InChI=1S/C11H17N3O3/c1-7-3-2-4-8(12-7)11(17)14-5-9(15)13-10(16)6-14/h7-8,12H,2-6H2,1H3,(H,13,15,16). The van der Waals surface area contributed by atoms with Crippen LogP contribution < -0.4 is 10.6 Å². The Hall–Kier alpha value is -1.43. The van der Waals surface area contributed by atoms with E-state index in [4.69, 9.17) is 0 Å². The van der Waals surface area contributed by atoms with Crippen molar-refractivity contribution in [2.75, 3.05) is 13.1 Å². The van der Waals surface area contributed by atoms with Gasteiger partial charge in [0, 0.05) is 6.04 Å². The molecule has 17 heavy (non-hydrogen) atoms. The van der Waals surface area contributed by atoms with Crippen molar-refractivity contribution in [2.24, 2.45) is 0 Å². The monoisotopic (exact) mass is 239 g/mol. The van der Waals surface area contributed by atoms with Gasteiger partial charge in [0.15, 0.2) is 0 Å². The first-order valence-electron chi connectivity index (χ1n) is 5.94. The molecule has 2 heterocycles. The third-order valence-corrected chi connectivity index (χ3v) is 3.17. The summed E-state index contributed by atoms with van der Waals surface area (Å²) in [6.45, 7) is 2.00. The van der Waals surface area contributed by atoms with Gasteiger partial charge >= 0.3 is 0 Å². The summed E-state index contributed by atoms with van der Waals surface area (Å²) < 4.78 is 0. The lowest BCUT2D eigenvalue weighted by Gasteiger charge is -2.33. The number of nitrogens with zero attached hydrogens (tertiary/aromatic N) is 1. The molecule has 0 aromatic heterocycles. The molecule has 6 heteroatoms. The lowest BCUT2D eigenvalue weighted by Crippen LogP contribution is -2.58. The molecule has 2 aliphatic rings. The molecule has 0 spiro atoms. The Morgan fingerprint density at radius 1 is 1.24 bits per heavy atom. The molecule has 2 N–H and O–H groups in total. The lowest BCUT2D eigenvalue weighted by atomic mass is 9.98. The van der Waals surface area contributed by atoms with Gasteiger partial charge in [0.1, 0.15) is 13.1 Å². The number of piperazine rings is 1. The van der Waals surface area contributed by atoms with Crippen LogP contribution in [0.25, 0.3) is 0 Å². The minimum absolute atomic E-state index is 0.0167. The number of carbonyl (C=O) groups excluding carboxylic acids is 3. The minimum atomic E-state index is -0.404. The fourth-order valence-electron chi connectivity index (χ4n) is 2.35. The van der Waals surface area contributed by atoms with Gasteiger partial charge in [0.2, 0.25) is 17.7 Å². The van der Waals surface area contributed by atoms with E-state index in [9.17, 15) is 14.4 Å². The summed E-state index contributed by atoms with van der Waals surface area (Å²) >= 11 is 0. The van der Waals surface area contributed by atoms with Crippen LogP contribution >= 0.6 is 0 Å². The number of rotatable bonds is 1. The van der Waals surface area contributed by atoms with Crippen LogP contribution in [-0.2, 0) is 14.4 Å². The van der Waals surface area contributed by atoms with Crippen LogP contribution in [0.5, 0.6) is 0 Å². The number of imide groups is 1. The maximum absolute atomic E-state index is 12.1. The fourth-order valence-corrected chi connectivity index (χ4v) is 2.35. The second-order valence-electron chi connectivity index (χ2n) is 4.72. The van der Waals surface area contributed by atoms with Gasteiger partial charge in [-0.05, 0) is 26.2 Å². The maximum Gasteiger partial charge on any atom is 0.246 e. The van der Waals surface area contributed by atoms with E-state index in [1.165, 1.54) is 4.90 Å². The highest BCUT2D eigenvalue weighted by atomic mass is 16.2. The van der Waals surface area contributed by atoms with Crippen LogP contribution in [0.3, 0.4) is 0 Å². The number of nitrogens with one attached hydrogen (secondary N) is 2. The number of hydrogen-bond acceptors (Lipinski definition) is 4. The Labute approximate surface area is 99.7 Å². The highest BCUT2D eigenvalue weighted by Crippen LogP contribution is 2.14. The van der Waals surface area contributed by atoms with E-state index in [-0.39, 0.29) is 25.0 Å². The van der Waals surface area contributed by atoms with Crippen LogP contribution in [-0.4, -0.2) is 47.8 Å². The summed E-state index contributed by atoms with van der Waals surface area (Å²) in [5, 5.41) is 5.39. The predicted molar refractivity (Wildman–Crippen MR) is 60.0 cm³/mol. The fraction of sp³-hybridized carbons (Fsp3) is 0.727. The van der Waals surface area contributed by atoms with E-state index >= 15 is 0 Å². The molecule has 2 saturated heterocycles. The van der Waals surface area contributed by atoms with Gasteiger partial charge in [-0.1, -0.05) is 0 Å². The molecule has 0 aliphatic carbocycles. The first-order valence-corrected chi connectivity index (χ1v) is 5.94. The molecule has 2 unspecified atom stereocenters. The average Bonchev–Trinajstić information content (AvgIpc) is 2.26. The first-order chi connectivity index (χ1) is 8.06. The predicted octanol–water partition coefficient (Wildman–Crippen LogP) is -0.998. The molecule has 0 aromatic rings. The molecule has 6 nitrogen and oxygen atoms in total. The van der Waals surface area contributed by atoms with Gasteiger partial charge < -0.3 is 10.2 Å². The maximum atomic E-state index is 12.1. The molecular weight excluding hydrogens is 222 g/mol. The summed E-state index contributed by atoms with van der Waals surface area (Å²) in [6.07, 6.45) is 2.83. The zero-order valence-electron chi connectivity index (χ0n) is 9.86. The van der Waals surface area contributed by atoms with Crippen molar-refractivity contribution in [3.63, 3.8) is 0 Å². The second-order valence-corrected chi connectivity index (χ2v) is 4.72. The molecule has 0 radical (unpaired) electrons. The molecule has 0 saturated carbocycles. The summed E-state index contributed by atoms with van der Waals surface area (Å²) in [5.74, 6) is -0.948. The smallest absolute Gasteiger partial charge is 0.246 e. The van der Waals surface area contributed by atoms with E-state index in [0.717, 1.165) is 19.3 Å². The molecular formula is C11H17N3O3. The van der Waals surface area contributed by atoms with E-state index in [1.807, 2.05) is 6.92 Å². The van der Waals surface area contributed by atoms with Crippen molar-refractivity contribution < 1.29 is 14.4 Å². The number of amides is 3. The van der Waals surface area contributed by atoms with Crippen molar-refractivity contribution in [1.82, 2.24) is 15.5 Å². The van der Waals surface area contributed by atoms with Crippen molar-refractivity contribution in [2.45, 2.75) is 38.3 Å². The van der Waals surface area contributed by atoms with Crippen LogP contribution in [0.15, 0.2) is 0 Å². The number of piperidine rings is 1.